The zero-order valence-corrected chi connectivity index (χ0v) is 8.81. The molecule has 2 nitrogen and oxygen atoms in total. The molecule has 0 heterocycles. The summed E-state index contributed by atoms with van der Waals surface area (Å²) < 4.78 is 13.3. The number of rotatable bonds is 4. The Kier molecular flexibility index (Phi) is 4.32. The van der Waals surface area contributed by atoms with E-state index in [2.05, 4.69) is 5.43 Å². The van der Waals surface area contributed by atoms with E-state index in [0.717, 1.165) is 6.42 Å². The highest BCUT2D eigenvalue weighted by Gasteiger charge is 2.09. The van der Waals surface area contributed by atoms with E-state index in [4.69, 9.17) is 17.4 Å². The van der Waals surface area contributed by atoms with Crippen LogP contribution >= 0.6 is 11.6 Å². The van der Waals surface area contributed by atoms with Crippen molar-refractivity contribution >= 4 is 11.6 Å². The summed E-state index contributed by atoms with van der Waals surface area (Å²) in [6.07, 6.45) is 1.44. The van der Waals surface area contributed by atoms with Crippen molar-refractivity contribution in [3.05, 3.63) is 34.6 Å². The summed E-state index contributed by atoms with van der Waals surface area (Å²) in [6, 6.07) is 4.80. The van der Waals surface area contributed by atoms with E-state index < -0.39 is 0 Å². The van der Waals surface area contributed by atoms with E-state index in [0.29, 0.717) is 17.0 Å². The Hall–Kier alpha value is -0.640. The second-order valence-corrected chi connectivity index (χ2v) is 3.65. The third kappa shape index (κ3) is 2.94. The first-order chi connectivity index (χ1) is 6.67. The zero-order valence-electron chi connectivity index (χ0n) is 8.06. The quantitative estimate of drug-likeness (QED) is 0.599. The van der Waals surface area contributed by atoms with Crippen molar-refractivity contribution in [1.29, 1.82) is 0 Å². The maximum Gasteiger partial charge on any atom is 0.127 e. The van der Waals surface area contributed by atoms with Crippen molar-refractivity contribution in [1.82, 2.24) is 5.43 Å². The lowest BCUT2D eigenvalue weighted by Gasteiger charge is -2.13. The number of hydrogen-bond acceptors (Lipinski definition) is 2. The van der Waals surface area contributed by atoms with Crippen LogP contribution in [0, 0.1) is 5.82 Å². The van der Waals surface area contributed by atoms with Gasteiger partial charge in [0.15, 0.2) is 0 Å². The summed E-state index contributed by atoms with van der Waals surface area (Å²) in [5.41, 5.74) is 3.28. The molecule has 0 aromatic heterocycles. The van der Waals surface area contributed by atoms with Crippen LogP contribution in [-0.4, -0.2) is 6.04 Å². The summed E-state index contributed by atoms with van der Waals surface area (Å²) in [6.45, 7) is 2.00. The molecule has 14 heavy (non-hydrogen) atoms. The average molecular weight is 217 g/mol. The molecule has 0 saturated carbocycles. The zero-order chi connectivity index (χ0) is 10.6. The van der Waals surface area contributed by atoms with Gasteiger partial charge in [-0.3, -0.25) is 11.3 Å². The van der Waals surface area contributed by atoms with Crippen molar-refractivity contribution in [2.24, 2.45) is 5.84 Å². The van der Waals surface area contributed by atoms with Crippen molar-refractivity contribution in [3.63, 3.8) is 0 Å². The molecule has 0 fully saturated rings. The lowest BCUT2D eigenvalue weighted by atomic mass is 10.0. The molecule has 4 heteroatoms. The number of halogens is 2. The minimum atomic E-state index is -0.272. The van der Waals surface area contributed by atoms with Crippen LogP contribution in [0.3, 0.4) is 0 Å². The third-order valence-corrected chi connectivity index (χ3v) is 2.45. The van der Waals surface area contributed by atoms with Gasteiger partial charge in [0.2, 0.25) is 0 Å². The molecule has 3 N–H and O–H groups in total. The van der Waals surface area contributed by atoms with E-state index in [1.165, 1.54) is 6.07 Å². The maximum atomic E-state index is 13.3. The molecule has 0 radical (unpaired) electrons. The topological polar surface area (TPSA) is 38.0 Å². The number of nitrogens with two attached hydrogens (primary N) is 1. The van der Waals surface area contributed by atoms with Gasteiger partial charge in [0.25, 0.3) is 0 Å². The SMILES string of the molecule is CCC(Cc1ccc(Cl)cc1F)NN. The molecule has 1 atom stereocenters. The molecule has 0 aliphatic rings. The van der Waals surface area contributed by atoms with Crippen LogP contribution in [0.25, 0.3) is 0 Å². The first-order valence-corrected chi connectivity index (χ1v) is 4.95. The van der Waals surface area contributed by atoms with Crippen LogP contribution < -0.4 is 11.3 Å². The molecular formula is C10H14ClFN2. The molecule has 0 bridgehead atoms. The fourth-order valence-corrected chi connectivity index (χ4v) is 1.43. The van der Waals surface area contributed by atoms with Gasteiger partial charge in [-0.05, 0) is 30.5 Å². The van der Waals surface area contributed by atoms with Crippen molar-refractivity contribution in [2.75, 3.05) is 0 Å². The summed E-state index contributed by atoms with van der Waals surface area (Å²) in [7, 11) is 0. The van der Waals surface area contributed by atoms with E-state index in [9.17, 15) is 4.39 Å². The highest BCUT2D eigenvalue weighted by molar-refractivity contribution is 6.30. The Morgan fingerprint density at radius 1 is 1.57 bits per heavy atom. The van der Waals surface area contributed by atoms with E-state index >= 15 is 0 Å². The Morgan fingerprint density at radius 2 is 2.29 bits per heavy atom. The van der Waals surface area contributed by atoms with Crippen LogP contribution in [0.5, 0.6) is 0 Å². The Bertz CT molecular complexity index is 300. The van der Waals surface area contributed by atoms with Crippen LogP contribution in [0.1, 0.15) is 18.9 Å². The first kappa shape index (κ1) is 11.4. The molecular weight excluding hydrogens is 203 g/mol. The van der Waals surface area contributed by atoms with Gasteiger partial charge in [0.05, 0.1) is 0 Å². The molecule has 1 rings (SSSR count). The number of hydrogen-bond donors (Lipinski definition) is 2. The molecule has 0 spiro atoms. The molecule has 0 saturated heterocycles. The van der Waals surface area contributed by atoms with Crippen LogP contribution in [-0.2, 0) is 6.42 Å². The Balaban J connectivity index is 2.76. The maximum absolute atomic E-state index is 13.3. The highest BCUT2D eigenvalue weighted by Crippen LogP contribution is 2.16. The Labute approximate surface area is 88.2 Å². The number of hydrazine groups is 1. The van der Waals surface area contributed by atoms with Gasteiger partial charge in [0.1, 0.15) is 5.82 Å². The monoisotopic (exact) mass is 216 g/mol. The highest BCUT2D eigenvalue weighted by atomic mass is 35.5. The summed E-state index contributed by atoms with van der Waals surface area (Å²) >= 11 is 5.64. The molecule has 78 valence electrons. The molecule has 1 aromatic rings. The predicted molar refractivity (Wildman–Crippen MR) is 56.5 cm³/mol. The molecule has 0 aliphatic heterocycles. The fourth-order valence-electron chi connectivity index (χ4n) is 1.27. The molecule has 0 aliphatic carbocycles. The number of nitrogens with one attached hydrogen (secondary N) is 1. The standard InChI is InChI=1S/C10H14ClFN2/c1-2-9(14-13)5-7-3-4-8(11)6-10(7)12/h3-4,6,9,14H,2,5,13H2,1H3. The van der Waals surface area contributed by atoms with Crippen molar-refractivity contribution in [2.45, 2.75) is 25.8 Å². The first-order valence-electron chi connectivity index (χ1n) is 4.57. The second kappa shape index (κ2) is 5.29. The smallest absolute Gasteiger partial charge is 0.127 e. The second-order valence-electron chi connectivity index (χ2n) is 3.21. The lowest BCUT2D eigenvalue weighted by molar-refractivity contribution is 0.497. The van der Waals surface area contributed by atoms with E-state index in [1.807, 2.05) is 6.92 Å². The third-order valence-electron chi connectivity index (χ3n) is 2.21. The van der Waals surface area contributed by atoms with Gasteiger partial charge >= 0.3 is 0 Å². The number of benzene rings is 1. The molecule has 1 unspecified atom stereocenters. The van der Waals surface area contributed by atoms with Crippen LogP contribution in [0.2, 0.25) is 5.02 Å². The summed E-state index contributed by atoms with van der Waals surface area (Å²) in [5, 5.41) is 0.417. The lowest BCUT2D eigenvalue weighted by Crippen LogP contribution is -2.36. The van der Waals surface area contributed by atoms with Crippen LogP contribution in [0.15, 0.2) is 18.2 Å². The minimum Gasteiger partial charge on any atom is -0.271 e. The Morgan fingerprint density at radius 3 is 2.79 bits per heavy atom. The van der Waals surface area contributed by atoms with E-state index in [-0.39, 0.29) is 11.9 Å². The van der Waals surface area contributed by atoms with Gasteiger partial charge in [0, 0.05) is 11.1 Å². The van der Waals surface area contributed by atoms with Gasteiger partial charge in [-0.1, -0.05) is 24.6 Å². The fraction of sp³-hybridized carbons (Fsp3) is 0.400. The van der Waals surface area contributed by atoms with E-state index in [1.54, 1.807) is 12.1 Å². The largest absolute Gasteiger partial charge is 0.271 e. The molecule has 0 amide bonds. The average Bonchev–Trinajstić information content (AvgIpc) is 2.17. The summed E-state index contributed by atoms with van der Waals surface area (Å²) in [4.78, 5) is 0. The predicted octanol–water partition coefficient (Wildman–Crippen LogP) is 2.26. The summed E-state index contributed by atoms with van der Waals surface area (Å²) in [5.74, 6) is 5.04. The van der Waals surface area contributed by atoms with Gasteiger partial charge in [-0.15, -0.1) is 0 Å². The van der Waals surface area contributed by atoms with Crippen molar-refractivity contribution in [3.8, 4) is 0 Å². The molecule has 1 aromatic carbocycles. The van der Waals surface area contributed by atoms with Gasteiger partial charge in [-0.2, -0.15) is 0 Å². The van der Waals surface area contributed by atoms with Crippen molar-refractivity contribution < 1.29 is 4.39 Å². The minimum absolute atomic E-state index is 0.102. The van der Waals surface area contributed by atoms with Crippen LogP contribution in [0.4, 0.5) is 4.39 Å². The van der Waals surface area contributed by atoms with Gasteiger partial charge < -0.3 is 0 Å². The van der Waals surface area contributed by atoms with Gasteiger partial charge in [-0.25, -0.2) is 4.39 Å². The normalized spacial score (nSPS) is 12.9.